The maximum absolute atomic E-state index is 13.0. The van der Waals surface area contributed by atoms with Crippen LogP contribution in [0.15, 0.2) is 48.5 Å². The van der Waals surface area contributed by atoms with Crippen LogP contribution in [0.4, 0.5) is 4.79 Å². The molecular formula is C27H32N2O5. The largest absolute Gasteiger partial charge is 0.481 e. The van der Waals surface area contributed by atoms with Crippen LogP contribution < -0.4 is 10.6 Å². The summed E-state index contributed by atoms with van der Waals surface area (Å²) in [7, 11) is 0. The molecular weight excluding hydrogens is 432 g/mol. The van der Waals surface area contributed by atoms with E-state index in [0.29, 0.717) is 6.42 Å². The Morgan fingerprint density at radius 1 is 1.00 bits per heavy atom. The molecule has 180 valence electrons. The van der Waals surface area contributed by atoms with Gasteiger partial charge in [-0.3, -0.25) is 9.59 Å². The molecule has 2 aliphatic carbocycles. The summed E-state index contributed by atoms with van der Waals surface area (Å²) in [6.45, 7) is 2.12. The molecule has 7 nitrogen and oxygen atoms in total. The maximum Gasteiger partial charge on any atom is 0.407 e. The molecule has 2 aromatic carbocycles. The van der Waals surface area contributed by atoms with Crippen molar-refractivity contribution in [3.05, 3.63) is 59.7 Å². The molecule has 1 saturated carbocycles. The van der Waals surface area contributed by atoms with Crippen LogP contribution in [0, 0.1) is 5.92 Å². The highest BCUT2D eigenvalue weighted by atomic mass is 16.5. The second-order valence-electron chi connectivity index (χ2n) is 9.23. The van der Waals surface area contributed by atoms with Crippen molar-refractivity contribution < 1.29 is 24.2 Å². The van der Waals surface area contributed by atoms with E-state index in [-0.39, 0.29) is 30.8 Å². The van der Waals surface area contributed by atoms with Crippen LogP contribution in [0.1, 0.15) is 62.5 Å². The van der Waals surface area contributed by atoms with E-state index < -0.39 is 24.1 Å². The molecule has 4 rings (SSSR count). The summed E-state index contributed by atoms with van der Waals surface area (Å²) in [5, 5.41) is 14.8. The van der Waals surface area contributed by atoms with Crippen molar-refractivity contribution in [1.29, 1.82) is 0 Å². The van der Waals surface area contributed by atoms with Crippen molar-refractivity contribution in [3.63, 3.8) is 0 Å². The van der Waals surface area contributed by atoms with E-state index in [1.54, 1.807) is 0 Å². The second kappa shape index (κ2) is 10.7. The molecule has 7 heteroatoms. The maximum atomic E-state index is 13.0. The van der Waals surface area contributed by atoms with Crippen LogP contribution in [0.3, 0.4) is 0 Å². The summed E-state index contributed by atoms with van der Waals surface area (Å²) < 4.78 is 5.63. The van der Waals surface area contributed by atoms with Crippen LogP contribution >= 0.6 is 0 Å². The molecule has 2 aromatic rings. The van der Waals surface area contributed by atoms with Crippen LogP contribution in [0.5, 0.6) is 0 Å². The van der Waals surface area contributed by atoms with Gasteiger partial charge in [-0.05, 0) is 47.4 Å². The molecule has 2 atom stereocenters. The lowest BCUT2D eigenvalue weighted by molar-refractivity contribution is -0.138. The Bertz CT molecular complexity index is 1000. The van der Waals surface area contributed by atoms with Gasteiger partial charge < -0.3 is 20.5 Å². The van der Waals surface area contributed by atoms with E-state index in [9.17, 15) is 14.4 Å². The molecule has 1 fully saturated rings. The van der Waals surface area contributed by atoms with Crippen molar-refractivity contribution in [2.75, 3.05) is 6.61 Å². The van der Waals surface area contributed by atoms with Gasteiger partial charge in [-0.25, -0.2) is 4.79 Å². The summed E-state index contributed by atoms with van der Waals surface area (Å²) in [5.74, 6) is -1.31. The Morgan fingerprint density at radius 3 is 2.15 bits per heavy atom. The van der Waals surface area contributed by atoms with Crippen LogP contribution in [-0.4, -0.2) is 41.8 Å². The molecule has 2 amide bonds. The average molecular weight is 465 g/mol. The first-order chi connectivity index (χ1) is 16.5. The molecule has 3 N–H and O–H groups in total. The summed E-state index contributed by atoms with van der Waals surface area (Å²) in [6.07, 6.45) is 3.26. The zero-order chi connectivity index (χ0) is 24.1. The minimum absolute atomic E-state index is 0.0348. The number of alkyl carbamates (subject to hydrolysis) is 1. The fraction of sp³-hybridized carbons (Fsp3) is 0.444. The number of amides is 2. The monoisotopic (exact) mass is 464 g/mol. The van der Waals surface area contributed by atoms with E-state index in [1.807, 2.05) is 31.2 Å². The van der Waals surface area contributed by atoms with Gasteiger partial charge in [0.1, 0.15) is 12.6 Å². The first-order valence-corrected chi connectivity index (χ1v) is 12.1. The fourth-order valence-corrected chi connectivity index (χ4v) is 5.01. The van der Waals surface area contributed by atoms with Crippen LogP contribution in [0.2, 0.25) is 0 Å². The van der Waals surface area contributed by atoms with Gasteiger partial charge in [0.15, 0.2) is 0 Å². The quantitative estimate of drug-likeness (QED) is 0.482. The number of carboxylic acids is 1. The molecule has 0 saturated heterocycles. The lowest BCUT2D eigenvalue weighted by atomic mass is 9.79. The molecule has 2 aliphatic rings. The first kappa shape index (κ1) is 23.8. The van der Waals surface area contributed by atoms with Crippen molar-refractivity contribution in [1.82, 2.24) is 10.6 Å². The highest BCUT2D eigenvalue weighted by Gasteiger charge is 2.36. The number of carbonyl (C=O) groups excluding carboxylic acids is 2. The highest BCUT2D eigenvalue weighted by molar-refractivity contribution is 5.87. The van der Waals surface area contributed by atoms with E-state index in [0.717, 1.165) is 47.9 Å². The van der Waals surface area contributed by atoms with Gasteiger partial charge in [0, 0.05) is 12.0 Å². The van der Waals surface area contributed by atoms with E-state index in [1.165, 1.54) is 0 Å². The number of benzene rings is 2. The summed E-state index contributed by atoms with van der Waals surface area (Å²) in [5.41, 5.74) is 4.56. The number of rotatable bonds is 10. The molecule has 0 aromatic heterocycles. The molecule has 0 spiro atoms. The highest BCUT2D eigenvalue weighted by Crippen LogP contribution is 2.44. The zero-order valence-electron chi connectivity index (χ0n) is 19.5. The molecule has 2 unspecified atom stereocenters. The summed E-state index contributed by atoms with van der Waals surface area (Å²) >= 11 is 0. The van der Waals surface area contributed by atoms with Gasteiger partial charge >= 0.3 is 12.1 Å². The lowest BCUT2D eigenvalue weighted by Crippen LogP contribution is -2.54. The number of carbonyl (C=O) groups is 3. The van der Waals surface area contributed by atoms with E-state index in [2.05, 4.69) is 34.9 Å². The van der Waals surface area contributed by atoms with Gasteiger partial charge in [0.2, 0.25) is 5.91 Å². The molecule has 0 aliphatic heterocycles. The van der Waals surface area contributed by atoms with Gasteiger partial charge in [-0.1, -0.05) is 68.3 Å². The topological polar surface area (TPSA) is 105 Å². The Balaban J connectivity index is 1.40. The Hall–Kier alpha value is -3.35. The van der Waals surface area contributed by atoms with E-state index in [4.69, 9.17) is 9.84 Å². The van der Waals surface area contributed by atoms with Gasteiger partial charge in [0.25, 0.3) is 0 Å². The number of ether oxygens (including phenoxy) is 1. The van der Waals surface area contributed by atoms with Crippen molar-refractivity contribution >= 4 is 18.0 Å². The minimum atomic E-state index is -0.955. The fourth-order valence-electron chi connectivity index (χ4n) is 5.01. The summed E-state index contributed by atoms with van der Waals surface area (Å²) in [4.78, 5) is 36.9. The van der Waals surface area contributed by atoms with Crippen molar-refractivity contribution in [3.8, 4) is 11.1 Å². The molecule has 0 bridgehead atoms. The van der Waals surface area contributed by atoms with Crippen molar-refractivity contribution in [2.45, 2.75) is 63.5 Å². The predicted molar refractivity (Wildman–Crippen MR) is 128 cm³/mol. The number of fused-ring (bicyclic) bond motifs is 3. The normalized spacial score (nSPS) is 16.5. The Kier molecular flexibility index (Phi) is 7.50. The van der Waals surface area contributed by atoms with Crippen LogP contribution in [-0.2, 0) is 14.3 Å². The molecule has 0 heterocycles. The van der Waals surface area contributed by atoms with Crippen LogP contribution in [0.25, 0.3) is 11.1 Å². The van der Waals surface area contributed by atoms with Gasteiger partial charge in [-0.15, -0.1) is 0 Å². The number of hydrogen-bond donors (Lipinski definition) is 3. The van der Waals surface area contributed by atoms with Gasteiger partial charge in [-0.2, -0.15) is 0 Å². The number of nitrogens with one attached hydrogen (secondary N) is 2. The number of hydrogen-bond acceptors (Lipinski definition) is 4. The zero-order valence-corrected chi connectivity index (χ0v) is 19.5. The third-order valence-electron chi connectivity index (χ3n) is 6.93. The average Bonchev–Trinajstić information content (AvgIpc) is 3.09. The second-order valence-corrected chi connectivity index (χ2v) is 9.23. The van der Waals surface area contributed by atoms with Crippen molar-refractivity contribution in [2.24, 2.45) is 5.92 Å². The number of aliphatic carboxylic acids is 1. The van der Waals surface area contributed by atoms with E-state index >= 15 is 0 Å². The third-order valence-corrected chi connectivity index (χ3v) is 6.93. The minimum Gasteiger partial charge on any atom is -0.481 e. The number of carboxylic acid groups (broad SMARTS) is 1. The third kappa shape index (κ3) is 5.24. The standard InChI is InChI=1S/C27H32N2O5/c1-2-8-18(15-24(30)31)28-26(32)25(17-9-7-10-17)29-27(33)34-16-23-21-13-5-3-11-19(21)20-12-4-6-14-22(20)23/h3-6,11-14,17-18,23,25H,2,7-10,15-16H2,1H3,(H,28,32)(H,29,33)(H,30,31). The SMILES string of the molecule is CCCC(CC(=O)O)NC(=O)C(NC(=O)OCC1c2ccccc2-c2ccccc21)C1CCC1. The Morgan fingerprint density at radius 2 is 1.62 bits per heavy atom. The molecule has 34 heavy (non-hydrogen) atoms. The Labute approximate surface area is 199 Å². The predicted octanol–water partition coefficient (Wildman–Crippen LogP) is 4.45. The van der Waals surface area contributed by atoms with Gasteiger partial charge in [0.05, 0.1) is 6.42 Å². The lowest BCUT2D eigenvalue weighted by Gasteiger charge is -2.34. The smallest absolute Gasteiger partial charge is 0.407 e. The molecule has 0 radical (unpaired) electrons. The first-order valence-electron chi connectivity index (χ1n) is 12.1. The summed E-state index contributed by atoms with van der Waals surface area (Å²) in [6, 6.07) is 15.1.